The van der Waals surface area contributed by atoms with Crippen molar-refractivity contribution in [1.82, 2.24) is 14.9 Å². The minimum Gasteiger partial charge on any atom is -0.331 e. The quantitative estimate of drug-likeness (QED) is 0.878. The van der Waals surface area contributed by atoms with Gasteiger partial charge in [-0.05, 0) is 37.5 Å². The van der Waals surface area contributed by atoms with E-state index in [1.807, 2.05) is 35.5 Å². The summed E-state index contributed by atoms with van der Waals surface area (Å²) in [5.41, 5.74) is 2.06. The van der Waals surface area contributed by atoms with Crippen molar-refractivity contribution < 1.29 is 4.79 Å². The van der Waals surface area contributed by atoms with Crippen molar-refractivity contribution in [2.45, 2.75) is 25.8 Å². The number of aryl methyl sites for hydroxylation is 1. The van der Waals surface area contributed by atoms with Crippen LogP contribution in [-0.4, -0.2) is 27.3 Å². The van der Waals surface area contributed by atoms with E-state index < -0.39 is 0 Å². The summed E-state index contributed by atoms with van der Waals surface area (Å²) in [7, 11) is 0. The number of rotatable bonds is 4. The molecule has 0 aliphatic carbocycles. The Morgan fingerprint density at radius 3 is 3.14 bits per heavy atom. The molecule has 2 aromatic heterocycles. The molecule has 1 N–H and O–H groups in total. The molecule has 6 heteroatoms. The van der Waals surface area contributed by atoms with Crippen LogP contribution in [0.2, 0.25) is 0 Å². The number of likely N-dealkylation sites (tertiary alicyclic amines) is 1. The van der Waals surface area contributed by atoms with E-state index in [9.17, 15) is 4.79 Å². The molecule has 1 amide bonds. The smallest absolute Gasteiger partial charge is 0.246 e. The van der Waals surface area contributed by atoms with E-state index in [2.05, 4.69) is 21.9 Å². The minimum absolute atomic E-state index is 0.0230. The maximum Gasteiger partial charge on any atom is 0.246 e. The molecule has 1 fully saturated rings. The van der Waals surface area contributed by atoms with Crippen LogP contribution in [-0.2, 0) is 4.79 Å². The van der Waals surface area contributed by atoms with Crippen molar-refractivity contribution in [2.24, 2.45) is 0 Å². The Morgan fingerprint density at radius 1 is 1.55 bits per heavy atom. The summed E-state index contributed by atoms with van der Waals surface area (Å²) < 4.78 is 0. The molecule has 22 heavy (non-hydrogen) atoms. The number of carbonyl (C=O) groups excluding carboxylic acids is 1. The molecule has 2 aromatic rings. The lowest BCUT2D eigenvalue weighted by molar-refractivity contribution is -0.126. The molecule has 0 saturated carbocycles. The fourth-order valence-corrected chi connectivity index (χ4v) is 3.37. The van der Waals surface area contributed by atoms with Crippen LogP contribution in [0.1, 0.15) is 30.1 Å². The molecule has 1 aliphatic rings. The van der Waals surface area contributed by atoms with Crippen molar-refractivity contribution in [2.75, 3.05) is 11.9 Å². The van der Waals surface area contributed by atoms with Crippen molar-refractivity contribution >= 4 is 28.2 Å². The van der Waals surface area contributed by atoms with Gasteiger partial charge in [0.05, 0.1) is 11.7 Å². The lowest BCUT2D eigenvalue weighted by Crippen LogP contribution is -2.28. The van der Waals surface area contributed by atoms with Crippen LogP contribution in [0.25, 0.3) is 0 Å². The van der Waals surface area contributed by atoms with Gasteiger partial charge in [0.15, 0.2) is 5.13 Å². The van der Waals surface area contributed by atoms with E-state index in [-0.39, 0.29) is 11.9 Å². The molecular weight excluding hydrogens is 296 g/mol. The summed E-state index contributed by atoms with van der Waals surface area (Å²) in [6.45, 7) is 6.35. The summed E-state index contributed by atoms with van der Waals surface area (Å²) in [6.07, 6.45) is 5.15. The highest BCUT2D eigenvalue weighted by Gasteiger charge is 2.30. The average Bonchev–Trinajstić information content (AvgIpc) is 3.17. The Balaban J connectivity index is 1.74. The number of thiazole rings is 1. The zero-order valence-electron chi connectivity index (χ0n) is 12.5. The van der Waals surface area contributed by atoms with Crippen molar-refractivity contribution in [3.63, 3.8) is 0 Å². The molecule has 0 spiro atoms. The van der Waals surface area contributed by atoms with Crippen LogP contribution in [0.15, 0.2) is 36.4 Å². The standard InChI is InChI=1S/C16H18N4OS/c1-3-15(21)20-8-4-5-13(20)12-10-22-16(18-12)19-14-7-6-11(2)9-17-14/h3,6-7,9-10,13H,1,4-5,8H2,2H3,(H,17,18,19)/t13-/m0/s1. The maximum absolute atomic E-state index is 11.9. The third kappa shape index (κ3) is 3.01. The van der Waals surface area contributed by atoms with Crippen LogP contribution < -0.4 is 5.32 Å². The number of aromatic nitrogens is 2. The molecule has 114 valence electrons. The normalized spacial score (nSPS) is 17.5. The average molecular weight is 314 g/mol. The first-order chi connectivity index (χ1) is 10.7. The molecule has 1 saturated heterocycles. The van der Waals surface area contributed by atoms with E-state index >= 15 is 0 Å². The maximum atomic E-state index is 11.9. The third-order valence-corrected chi connectivity index (χ3v) is 4.50. The number of pyridine rings is 1. The van der Waals surface area contributed by atoms with Gasteiger partial charge in [0.25, 0.3) is 0 Å². The Bertz CT molecular complexity index is 680. The van der Waals surface area contributed by atoms with E-state index in [0.717, 1.165) is 41.6 Å². The van der Waals surface area contributed by atoms with Gasteiger partial charge in [0.1, 0.15) is 5.82 Å². The first-order valence-electron chi connectivity index (χ1n) is 7.25. The number of hydrogen-bond donors (Lipinski definition) is 1. The van der Waals surface area contributed by atoms with Gasteiger partial charge in [0.2, 0.25) is 5.91 Å². The third-order valence-electron chi connectivity index (χ3n) is 3.72. The molecule has 5 nitrogen and oxygen atoms in total. The first-order valence-corrected chi connectivity index (χ1v) is 8.13. The Morgan fingerprint density at radius 2 is 2.41 bits per heavy atom. The van der Waals surface area contributed by atoms with Gasteiger partial charge >= 0.3 is 0 Å². The van der Waals surface area contributed by atoms with E-state index in [0.29, 0.717) is 0 Å². The summed E-state index contributed by atoms with van der Waals surface area (Å²) in [6, 6.07) is 3.99. The highest BCUT2D eigenvalue weighted by atomic mass is 32.1. The Labute approximate surface area is 133 Å². The predicted octanol–water partition coefficient (Wildman–Crippen LogP) is 3.44. The largest absolute Gasteiger partial charge is 0.331 e. The SMILES string of the molecule is C=CC(=O)N1CCC[C@H]1c1csc(Nc2ccc(C)cn2)n1. The minimum atomic E-state index is -0.0230. The first kappa shape index (κ1) is 14.7. The number of anilines is 2. The Hall–Kier alpha value is -2.21. The molecule has 0 unspecified atom stereocenters. The molecular formula is C16H18N4OS. The van der Waals surface area contributed by atoms with E-state index in [1.165, 1.54) is 17.4 Å². The van der Waals surface area contributed by atoms with Crippen LogP contribution >= 0.6 is 11.3 Å². The molecule has 3 rings (SSSR count). The summed E-state index contributed by atoms with van der Waals surface area (Å²) in [5, 5.41) is 6.01. The summed E-state index contributed by atoms with van der Waals surface area (Å²) >= 11 is 1.53. The fourth-order valence-electron chi connectivity index (χ4n) is 2.60. The second-order valence-electron chi connectivity index (χ2n) is 5.32. The molecule has 3 heterocycles. The number of nitrogens with zero attached hydrogens (tertiary/aromatic N) is 3. The monoisotopic (exact) mass is 314 g/mol. The second-order valence-corrected chi connectivity index (χ2v) is 6.18. The summed E-state index contributed by atoms with van der Waals surface area (Å²) in [4.78, 5) is 22.7. The van der Waals surface area contributed by atoms with Gasteiger partial charge in [-0.3, -0.25) is 4.79 Å². The van der Waals surface area contributed by atoms with Crippen molar-refractivity contribution in [1.29, 1.82) is 0 Å². The molecule has 0 bridgehead atoms. The molecule has 1 atom stereocenters. The fraction of sp³-hybridized carbons (Fsp3) is 0.312. The van der Waals surface area contributed by atoms with Crippen molar-refractivity contribution in [3.05, 3.63) is 47.6 Å². The second kappa shape index (κ2) is 6.27. The van der Waals surface area contributed by atoms with Gasteiger partial charge in [-0.25, -0.2) is 9.97 Å². The van der Waals surface area contributed by atoms with Crippen molar-refractivity contribution in [3.8, 4) is 0 Å². The van der Waals surface area contributed by atoms with Crippen LogP contribution in [0.3, 0.4) is 0 Å². The highest BCUT2D eigenvalue weighted by Crippen LogP contribution is 2.34. The number of amides is 1. The van der Waals surface area contributed by atoms with E-state index in [1.54, 1.807) is 0 Å². The lowest BCUT2D eigenvalue weighted by atomic mass is 10.2. The topological polar surface area (TPSA) is 58.1 Å². The number of nitrogens with one attached hydrogen (secondary N) is 1. The van der Waals surface area contributed by atoms with Crippen LogP contribution in [0.4, 0.5) is 10.9 Å². The molecule has 0 aromatic carbocycles. The zero-order chi connectivity index (χ0) is 15.5. The van der Waals surface area contributed by atoms with E-state index in [4.69, 9.17) is 0 Å². The van der Waals surface area contributed by atoms with Gasteiger partial charge < -0.3 is 10.2 Å². The van der Waals surface area contributed by atoms with Gasteiger partial charge in [0, 0.05) is 18.1 Å². The van der Waals surface area contributed by atoms with Crippen LogP contribution in [0.5, 0.6) is 0 Å². The zero-order valence-corrected chi connectivity index (χ0v) is 13.3. The molecule has 1 aliphatic heterocycles. The van der Waals surface area contributed by atoms with Gasteiger partial charge in [-0.2, -0.15) is 0 Å². The Kier molecular flexibility index (Phi) is 4.20. The van der Waals surface area contributed by atoms with Gasteiger partial charge in [-0.15, -0.1) is 11.3 Å². The van der Waals surface area contributed by atoms with Crippen LogP contribution in [0, 0.1) is 6.92 Å². The lowest BCUT2D eigenvalue weighted by Gasteiger charge is -2.21. The highest BCUT2D eigenvalue weighted by molar-refractivity contribution is 7.13. The number of carbonyl (C=O) groups is 1. The summed E-state index contributed by atoms with van der Waals surface area (Å²) in [5.74, 6) is 0.752. The molecule has 0 radical (unpaired) electrons. The van der Waals surface area contributed by atoms with Gasteiger partial charge in [-0.1, -0.05) is 12.6 Å². The number of hydrogen-bond acceptors (Lipinski definition) is 5. The predicted molar refractivity (Wildman–Crippen MR) is 88.3 cm³/mol.